The number of nitrogens with zero attached hydrogens (tertiary/aromatic N) is 2. The molecule has 1 saturated carbocycles. The second-order valence-corrected chi connectivity index (χ2v) is 5.73. The average molecular weight is 266 g/mol. The molecule has 6 nitrogen and oxygen atoms in total. The Balaban J connectivity index is 1.79. The van der Waals surface area contributed by atoms with Gasteiger partial charge in [0, 0.05) is 12.5 Å². The first kappa shape index (κ1) is 12.9. The summed E-state index contributed by atoms with van der Waals surface area (Å²) < 4.78 is 7.23. The van der Waals surface area contributed by atoms with Crippen molar-refractivity contribution in [3.8, 4) is 0 Å². The van der Waals surface area contributed by atoms with Gasteiger partial charge in [-0.2, -0.15) is 5.10 Å². The third kappa shape index (κ3) is 2.47. The largest absolute Gasteiger partial charge is 0.379 e. The quantitative estimate of drug-likeness (QED) is 0.846. The van der Waals surface area contributed by atoms with E-state index in [1.807, 2.05) is 4.57 Å². The molecule has 1 aliphatic carbocycles. The lowest BCUT2D eigenvalue weighted by Crippen LogP contribution is -2.27. The molecular weight excluding hydrogens is 244 g/mol. The van der Waals surface area contributed by atoms with E-state index in [2.05, 4.69) is 10.2 Å². The highest BCUT2D eigenvalue weighted by Gasteiger charge is 2.29. The highest BCUT2D eigenvalue weighted by molar-refractivity contribution is 5.01. The van der Waals surface area contributed by atoms with Gasteiger partial charge in [-0.05, 0) is 44.6 Å². The van der Waals surface area contributed by atoms with Crippen molar-refractivity contribution in [1.82, 2.24) is 14.8 Å². The normalized spacial score (nSPS) is 31.7. The van der Waals surface area contributed by atoms with Crippen LogP contribution in [0.1, 0.15) is 49.9 Å². The van der Waals surface area contributed by atoms with E-state index in [4.69, 9.17) is 10.5 Å². The summed E-state index contributed by atoms with van der Waals surface area (Å²) >= 11 is 0. The molecule has 6 heteroatoms. The summed E-state index contributed by atoms with van der Waals surface area (Å²) in [5.74, 6) is 1.96. The summed E-state index contributed by atoms with van der Waals surface area (Å²) in [7, 11) is 0. The molecule has 1 saturated heterocycles. The first-order valence-electron chi connectivity index (χ1n) is 7.24. The molecule has 0 spiro atoms. The average Bonchev–Trinajstić information content (AvgIpc) is 3.08. The molecule has 0 aromatic carbocycles. The van der Waals surface area contributed by atoms with Crippen molar-refractivity contribution in [3.63, 3.8) is 0 Å². The van der Waals surface area contributed by atoms with Crippen LogP contribution >= 0.6 is 0 Å². The molecule has 3 N–H and O–H groups in total. The SMILES string of the molecule is NCC1CCC(c2n[nH]c(=O)n2C2CCOC2)CC1. The van der Waals surface area contributed by atoms with Gasteiger partial charge in [-0.3, -0.25) is 4.57 Å². The van der Waals surface area contributed by atoms with Crippen LogP contribution in [0.3, 0.4) is 0 Å². The van der Waals surface area contributed by atoms with Crippen LogP contribution in [-0.4, -0.2) is 34.5 Å². The van der Waals surface area contributed by atoms with Crippen molar-refractivity contribution in [1.29, 1.82) is 0 Å². The lowest BCUT2D eigenvalue weighted by atomic mass is 9.81. The van der Waals surface area contributed by atoms with Crippen LogP contribution in [0.15, 0.2) is 4.79 Å². The number of aromatic amines is 1. The molecule has 19 heavy (non-hydrogen) atoms. The van der Waals surface area contributed by atoms with E-state index < -0.39 is 0 Å². The lowest BCUT2D eigenvalue weighted by Gasteiger charge is -2.27. The number of rotatable bonds is 3. The summed E-state index contributed by atoms with van der Waals surface area (Å²) in [5, 5.41) is 6.89. The third-order valence-corrected chi connectivity index (χ3v) is 4.55. The van der Waals surface area contributed by atoms with Crippen LogP contribution in [0.4, 0.5) is 0 Å². The zero-order chi connectivity index (χ0) is 13.2. The van der Waals surface area contributed by atoms with E-state index in [0.717, 1.165) is 51.1 Å². The molecule has 2 aliphatic rings. The minimum atomic E-state index is -0.0913. The van der Waals surface area contributed by atoms with Gasteiger partial charge in [0.1, 0.15) is 5.82 Å². The van der Waals surface area contributed by atoms with Crippen LogP contribution in [0, 0.1) is 5.92 Å². The molecule has 1 aliphatic heterocycles. The van der Waals surface area contributed by atoms with Crippen molar-refractivity contribution in [2.24, 2.45) is 11.7 Å². The fourth-order valence-electron chi connectivity index (χ4n) is 3.34. The van der Waals surface area contributed by atoms with Crippen molar-refractivity contribution in [3.05, 3.63) is 16.3 Å². The zero-order valence-electron chi connectivity index (χ0n) is 11.2. The van der Waals surface area contributed by atoms with Gasteiger partial charge in [-0.15, -0.1) is 0 Å². The minimum absolute atomic E-state index is 0.0913. The molecule has 2 fully saturated rings. The van der Waals surface area contributed by atoms with Gasteiger partial charge in [0.05, 0.1) is 12.6 Å². The Morgan fingerprint density at radius 3 is 2.74 bits per heavy atom. The summed E-state index contributed by atoms with van der Waals surface area (Å²) in [6.07, 6.45) is 5.36. The number of H-pyrrole nitrogens is 1. The van der Waals surface area contributed by atoms with E-state index in [1.165, 1.54) is 0 Å². The Morgan fingerprint density at radius 2 is 2.11 bits per heavy atom. The maximum absolute atomic E-state index is 12.0. The Morgan fingerprint density at radius 1 is 1.32 bits per heavy atom. The van der Waals surface area contributed by atoms with Crippen LogP contribution < -0.4 is 11.4 Å². The van der Waals surface area contributed by atoms with Gasteiger partial charge in [0.2, 0.25) is 0 Å². The van der Waals surface area contributed by atoms with Gasteiger partial charge in [-0.1, -0.05) is 0 Å². The van der Waals surface area contributed by atoms with Crippen LogP contribution in [-0.2, 0) is 4.74 Å². The summed E-state index contributed by atoms with van der Waals surface area (Å²) in [4.78, 5) is 12.0. The second-order valence-electron chi connectivity index (χ2n) is 5.73. The van der Waals surface area contributed by atoms with Crippen molar-refractivity contribution >= 4 is 0 Å². The zero-order valence-corrected chi connectivity index (χ0v) is 11.2. The van der Waals surface area contributed by atoms with E-state index in [9.17, 15) is 4.79 Å². The number of nitrogens with two attached hydrogens (primary N) is 1. The lowest BCUT2D eigenvalue weighted by molar-refractivity contribution is 0.184. The van der Waals surface area contributed by atoms with Crippen LogP contribution in [0.2, 0.25) is 0 Å². The number of hydrogen-bond donors (Lipinski definition) is 2. The van der Waals surface area contributed by atoms with Gasteiger partial charge in [0.15, 0.2) is 0 Å². The van der Waals surface area contributed by atoms with Gasteiger partial charge < -0.3 is 10.5 Å². The summed E-state index contributed by atoms with van der Waals surface area (Å²) in [6, 6.07) is 0.161. The van der Waals surface area contributed by atoms with Crippen molar-refractivity contribution in [2.75, 3.05) is 19.8 Å². The molecule has 0 amide bonds. The first-order valence-corrected chi connectivity index (χ1v) is 7.24. The predicted octanol–water partition coefficient (Wildman–Crippen LogP) is 0.765. The Hall–Kier alpha value is -1.14. The molecule has 2 heterocycles. The van der Waals surface area contributed by atoms with E-state index in [0.29, 0.717) is 18.4 Å². The Labute approximate surface area is 112 Å². The molecule has 1 aromatic heterocycles. The van der Waals surface area contributed by atoms with Gasteiger partial charge >= 0.3 is 5.69 Å². The smallest absolute Gasteiger partial charge is 0.343 e. The molecule has 0 radical (unpaired) electrons. The molecule has 1 atom stereocenters. The standard InChI is InChI=1S/C13H22N4O2/c14-7-9-1-3-10(4-2-9)12-15-16-13(18)17(12)11-5-6-19-8-11/h9-11H,1-8,14H2,(H,16,18). The number of ether oxygens (including phenoxy) is 1. The van der Waals surface area contributed by atoms with E-state index >= 15 is 0 Å². The monoisotopic (exact) mass is 266 g/mol. The summed E-state index contributed by atoms with van der Waals surface area (Å²) in [6.45, 7) is 2.14. The maximum Gasteiger partial charge on any atom is 0.343 e. The number of aromatic nitrogens is 3. The van der Waals surface area contributed by atoms with E-state index in [1.54, 1.807) is 0 Å². The number of nitrogens with one attached hydrogen (secondary N) is 1. The highest BCUT2D eigenvalue weighted by Crippen LogP contribution is 2.35. The van der Waals surface area contributed by atoms with Crippen molar-refractivity contribution < 1.29 is 4.74 Å². The summed E-state index contributed by atoms with van der Waals surface area (Å²) in [5.41, 5.74) is 5.64. The molecular formula is C13H22N4O2. The fraction of sp³-hybridized carbons (Fsp3) is 0.846. The second kappa shape index (κ2) is 5.46. The Bertz CT molecular complexity index is 467. The predicted molar refractivity (Wildman–Crippen MR) is 71.1 cm³/mol. The van der Waals surface area contributed by atoms with Crippen LogP contribution in [0.25, 0.3) is 0 Å². The first-order chi connectivity index (χ1) is 9.29. The molecule has 106 valence electrons. The number of hydrogen-bond acceptors (Lipinski definition) is 4. The topological polar surface area (TPSA) is 85.9 Å². The minimum Gasteiger partial charge on any atom is -0.379 e. The van der Waals surface area contributed by atoms with Crippen LogP contribution in [0.5, 0.6) is 0 Å². The Kier molecular flexibility index (Phi) is 3.70. The molecule has 1 aromatic rings. The molecule has 3 rings (SSSR count). The van der Waals surface area contributed by atoms with Gasteiger partial charge in [0.25, 0.3) is 0 Å². The van der Waals surface area contributed by atoms with Gasteiger partial charge in [-0.25, -0.2) is 9.89 Å². The van der Waals surface area contributed by atoms with E-state index in [-0.39, 0.29) is 11.7 Å². The molecule has 1 unspecified atom stereocenters. The highest BCUT2D eigenvalue weighted by atomic mass is 16.5. The van der Waals surface area contributed by atoms with Crippen molar-refractivity contribution in [2.45, 2.75) is 44.1 Å². The maximum atomic E-state index is 12.0. The third-order valence-electron chi connectivity index (χ3n) is 4.55. The molecule has 0 bridgehead atoms. The fourth-order valence-corrected chi connectivity index (χ4v) is 3.34.